The molecule has 1 fully saturated rings. The molecular formula is C12H21N3O2S. The lowest BCUT2D eigenvalue weighted by Gasteiger charge is -2.46. The van der Waals surface area contributed by atoms with Crippen LogP contribution in [0.4, 0.5) is 0 Å². The first-order chi connectivity index (χ1) is 8.33. The summed E-state index contributed by atoms with van der Waals surface area (Å²) >= 11 is 5.04. The van der Waals surface area contributed by atoms with Gasteiger partial charge < -0.3 is 16.0 Å². The normalized spacial score (nSPS) is 26.1. The topological polar surface area (TPSA) is 75.4 Å². The number of nitrogens with zero attached hydrogens (tertiary/aromatic N) is 1. The van der Waals surface area contributed by atoms with Gasteiger partial charge >= 0.3 is 0 Å². The second-order valence-corrected chi connectivity index (χ2v) is 5.55. The van der Waals surface area contributed by atoms with E-state index in [0.29, 0.717) is 31.7 Å². The van der Waals surface area contributed by atoms with Crippen molar-refractivity contribution >= 4 is 29.0 Å². The molecule has 0 aromatic rings. The van der Waals surface area contributed by atoms with Gasteiger partial charge in [-0.05, 0) is 18.8 Å². The number of rotatable bonds is 5. The number of nitrogens with one attached hydrogen (secondary N) is 1. The maximum Gasteiger partial charge on any atom is 0.235 e. The first-order valence-electron chi connectivity index (χ1n) is 6.09. The van der Waals surface area contributed by atoms with Gasteiger partial charge in [0.05, 0.1) is 10.4 Å². The largest absolute Gasteiger partial charge is 0.392 e. The fourth-order valence-corrected chi connectivity index (χ4v) is 2.73. The Balaban J connectivity index is 2.62. The van der Waals surface area contributed by atoms with E-state index in [1.807, 2.05) is 0 Å². The first-order valence-corrected chi connectivity index (χ1v) is 6.50. The van der Waals surface area contributed by atoms with Crippen molar-refractivity contribution in [3.63, 3.8) is 0 Å². The van der Waals surface area contributed by atoms with E-state index >= 15 is 0 Å². The predicted octanol–water partition coefficient (Wildman–Crippen LogP) is 0.283. The third-order valence-corrected chi connectivity index (χ3v) is 3.97. The molecule has 1 rings (SSSR count). The maximum absolute atomic E-state index is 12.4. The molecule has 1 saturated carbocycles. The Morgan fingerprint density at radius 1 is 1.50 bits per heavy atom. The average Bonchev–Trinajstić information content (AvgIpc) is 2.29. The highest BCUT2D eigenvalue weighted by Crippen LogP contribution is 2.46. The van der Waals surface area contributed by atoms with Crippen molar-refractivity contribution < 1.29 is 9.59 Å². The fourth-order valence-electron chi connectivity index (χ4n) is 2.47. The molecule has 0 aromatic carbocycles. The molecule has 0 radical (unpaired) electrons. The van der Waals surface area contributed by atoms with Crippen LogP contribution in [-0.4, -0.2) is 42.3 Å². The fraction of sp³-hybridized carbons (Fsp3) is 0.750. The van der Waals surface area contributed by atoms with Gasteiger partial charge in [0.25, 0.3) is 0 Å². The summed E-state index contributed by atoms with van der Waals surface area (Å²) in [4.78, 5) is 25.4. The van der Waals surface area contributed by atoms with Crippen molar-refractivity contribution in [1.82, 2.24) is 10.2 Å². The van der Waals surface area contributed by atoms with Crippen LogP contribution in [0, 0.1) is 11.3 Å². The Hall–Kier alpha value is -1.17. The van der Waals surface area contributed by atoms with E-state index in [9.17, 15) is 9.59 Å². The smallest absolute Gasteiger partial charge is 0.235 e. The summed E-state index contributed by atoms with van der Waals surface area (Å²) in [6.45, 7) is 2.46. The Morgan fingerprint density at radius 2 is 2.06 bits per heavy atom. The summed E-state index contributed by atoms with van der Waals surface area (Å²) in [5.74, 6) is 0.334. The SMILES string of the molecule is CNC(=O)CCN(C)C(=O)C1(C(N)=S)CC(C)C1. The van der Waals surface area contributed by atoms with E-state index in [1.54, 1.807) is 19.0 Å². The van der Waals surface area contributed by atoms with Crippen LogP contribution in [0.5, 0.6) is 0 Å². The van der Waals surface area contributed by atoms with Crippen molar-refractivity contribution in [3.8, 4) is 0 Å². The highest BCUT2D eigenvalue weighted by molar-refractivity contribution is 7.80. The van der Waals surface area contributed by atoms with Gasteiger partial charge in [-0.25, -0.2) is 0 Å². The second kappa shape index (κ2) is 5.65. The van der Waals surface area contributed by atoms with Gasteiger partial charge in [0.15, 0.2) is 0 Å². The summed E-state index contributed by atoms with van der Waals surface area (Å²) < 4.78 is 0. The van der Waals surface area contributed by atoms with Crippen LogP contribution in [0.15, 0.2) is 0 Å². The average molecular weight is 271 g/mol. The molecule has 0 bridgehead atoms. The number of hydrogen-bond donors (Lipinski definition) is 2. The van der Waals surface area contributed by atoms with Crippen LogP contribution in [-0.2, 0) is 9.59 Å². The van der Waals surface area contributed by atoms with E-state index in [1.165, 1.54) is 0 Å². The van der Waals surface area contributed by atoms with E-state index in [0.717, 1.165) is 0 Å². The maximum atomic E-state index is 12.4. The van der Waals surface area contributed by atoms with E-state index in [2.05, 4.69) is 12.2 Å². The van der Waals surface area contributed by atoms with Gasteiger partial charge in [0, 0.05) is 27.1 Å². The zero-order chi connectivity index (χ0) is 13.9. The van der Waals surface area contributed by atoms with E-state index in [4.69, 9.17) is 18.0 Å². The minimum Gasteiger partial charge on any atom is -0.392 e. The second-order valence-electron chi connectivity index (χ2n) is 5.11. The van der Waals surface area contributed by atoms with Crippen molar-refractivity contribution in [1.29, 1.82) is 0 Å². The predicted molar refractivity (Wildman–Crippen MR) is 73.9 cm³/mol. The van der Waals surface area contributed by atoms with Gasteiger partial charge in [-0.2, -0.15) is 0 Å². The van der Waals surface area contributed by atoms with Gasteiger partial charge in [-0.3, -0.25) is 9.59 Å². The molecule has 6 heteroatoms. The van der Waals surface area contributed by atoms with Crippen LogP contribution in [0.2, 0.25) is 0 Å². The molecular weight excluding hydrogens is 250 g/mol. The minimum atomic E-state index is -0.674. The highest BCUT2D eigenvalue weighted by Gasteiger charge is 2.51. The molecule has 0 unspecified atom stereocenters. The lowest BCUT2D eigenvalue weighted by molar-refractivity contribution is -0.143. The Kier molecular flexibility index (Phi) is 4.67. The van der Waals surface area contributed by atoms with Crippen LogP contribution >= 0.6 is 12.2 Å². The molecule has 5 nitrogen and oxygen atoms in total. The first kappa shape index (κ1) is 14.9. The van der Waals surface area contributed by atoms with E-state index in [-0.39, 0.29) is 16.8 Å². The molecule has 102 valence electrons. The van der Waals surface area contributed by atoms with Gasteiger partial charge in [-0.1, -0.05) is 19.1 Å². The molecule has 3 N–H and O–H groups in total. The number of amides is 2. The lowest BCUT2D eigenvalue weighted by Crippen LogP contribution is -2.56. The van der Waals surface area contributed by atoms with Crippen LogP contribution in [0.3, 0.4) is 0 Å². The zero-order valence-electron chi connectivity index (χ0n) is 11.2. The number of nitrogens with two attached hydrogens (primary N) is 1. The number of carbonyl (C=O) groups excluding carboxylic acids is 2. The molecule has 0 atom stereocenters. The quantitative estimate of drug-likeness (QED) is 0.704. The van der Waals surface area contributed by atoms with Gasteiger partial charge in [0.1, 0.15) is 0 Å². The van der Waals surface area contributed by atoms with Crippen LogP contribution < -0.4 is 11.1 Å². The minimum absolute atomic E-state index is 0.0583. The standard InChI is InChI=1S/C12H21N3O2S/c1-8-6-12(7-8,10(13)18)11(17)15(3)5-4-9(16)14-2/h8H,4-7H2,1-3H3,(H2,13,18)(H,14,16). The molecule has 1 aliphatic rings. The Labute approximate surface area is 113 Å². The molecule has 2 amide bonds. The Bertz CT molecular complexity index is 364. The molecule has 1 aliphatic carbocycles. The number of carbonyl (C=O) groups is 2. The monoisotopic (exact) mass is 271 g/mol. The summed E-state index contributed by atoms with van der Waals surface area (Å²) in [5, 5.41) is 2.53. The molecule has 0 heterocycles. The van der Waals surface area contributed by atoms with Gasteiger partial charge in [-0.15, -0.1) is 0 Å². The van der Waals surface area contributed by atoms with Crippen LogP contribution in [0.1, 0.15) is 26.2 Å². The molecule has 0 aliphatic heterocycles. The van der Waals surface area contributed by atoms with Crippen molar-refractivity contribution in [2.24, 2.45) is 17.1 Å². The zero-order valence-corrected chi connectivity index (χ0v) is 12.0. The lowest BCUT2D eigenvalue weighted by atomic mass is 9.61. The summed E-state index contributed by atoms with van der Waals surface area (Å²) in [6, 6.07) is 0. The van der Waals surface area contributed by atoms with Crippen LogP contribution in [0.25, 0.3) is 0 Å². The number of hydrogen-bond acceptors (Lipinski definition) is 3. The summed E-state index contributed by atoms with van der Waals surface area (Å²) in [7, 11) is 3.27. The molecule has 18 heavy (non-hydrogen) atoms. The van der Waals surface area contributed by atoms with E-state index < -0.39 is 5.41 Å². The third kappa shape index (κ3) is 2.80. The molecule has 0 saturated heterocycles. The van der Waals surface area contributed by atoms with Crippen molar-refractivity contribution in [2.45, 2.75) is 26.2 Å². The molecule has 0 aromatic heterocycles. The molecule has 0 spiro atoms. The van der Waals surface area contributed by atoms with Crippen molar-refractivity contribution in [2.75, 3.05) is 20.6 Å². The summed E-state index contributed by atoms with van der Waals surface area (Å²) in [5.41, 5.74) is 5.05. The third-order valence-electron chi connectivity index (χ3n) is 3.57. The summed E-state index contributed by atoms with van der Waals surface area (Å²) in [6.07, 6.45) is 1.72. The van der Waals surface area contributed by atoms with Crippen molar-refractivity contribution in [3.05, 3.63) is 0 Å². The van der Waals surface area contributed by atoms with Gasteiger partial charge in [0.2, 0.25) is 11.8 Å². The highest BCUT2D eigenvalue weighted by atomic mass is 32.1. The number of thiocarbonyl (C=S) groups is 1. The Morgan fingerprint density at radius 3 is 2.44 bits per heavy atom.